The highest BCUT2D eigenvalue weighted by Gasteiger charge is 2.16. The molecule has 0 saturated carbocycles. The lowest BCUT2D eigenvalue weighted by molar-refractivity contribution is 0.0929. The van der Waals surface area contributed by atoms with E-state index in [0.29, 0.717) is 11.1 Å². The third-order valence-corrected chi connectivity index (χ3v) is 2.82. The van der Waals surface area contributed by atoms with Gasteiger partial charge in [0.15, 0.2) is 5.78 Å². The van der Waals surface area contributed by atoms with E-state index in [1.807, 2.05) is 32.0 Å². The number of rotatable bonds is 3. The zero-order valence-electron chi connectivity index (χ0n) is 9.47. The summed E-state index contributed by atoms with van der Waals surface area (Å²) in [6.45, 7) is 3.96. The second-order valence-corrected chi connectivity index (χ2v) is 3.90. The largest absolute Gasteiger partial charge is 0.294 e. The van der Waals surface area contributed by atoms with Gasteiger partial charge in [-0.05, 0) is 18.6 Å². The zero-order chi connectivity index (χ0) is 11.5. The molecule has 1 aromatic carbocycles. The van der Waals surface area contributed by atoms with E-state index in [1.54, 1.807) is 12.4 Å². The van der Waals surface area contributed by atoms with Crippen LogP contribution in [0.15, 0.2) is 30.6 Å². The van der Waals surface area contributed by atoms with Crippen LogP contribution in [0.25, 0.3) is 11.0 Å². The Morgan fingerprint density at radius 1 is 1.31 bits per heavy atom. The molecule has 0 aliphatic heterocycles. The standard InChI is InChI=1S/C13H14N2O/c1-3-9(2)13(16)10-5-4-6-11-12(10)15-8-7-14-11/h4-9H,3H2,1-2H3. The average Bonchev–Trinajstić information content (AvgIpc) is 2.36. The van der Waals surface area contributed by atoms with Gasteiger partial charge in [0.2, 0.25) is 0 Å². The van der Waals surface area contributed by atoms with Crippen LogP contribution in [0, 0.1) is 5.92 Å². The first-order chi connectivity index (χ1) is 7.74. The molecule has 1 heterocycles. The molecule has 0 radical (unpaired) electrons. The first kappa shape index (κ1) is 10.7. The SMILES string of the molecule is CCC(C)C(=O)c1cccc2nccnc12. The van der Waals surface area contributed by atoms with Crippen molar-refractivity contribution in [1.82, 2.24) is 9.97 Å². The van der Waals surface area contributed by atoms with E-state index in [9.17, 15) is 4.79 Å². The van der Waals surface area contributed by atoms with Gasteiger partial charge in [0.05, 0.1) is 11.0 Å². The summed E-state index contributed by atoms with van der Waals surface area (Å²) in [6.07, 6.45) is 4.10. The third-order valence-electron chi connectivity index (χ3n) is 2.82. The number of fused-ring (bicyclic) bond motifs is 1. The summed E-state index contributed by atoms with van der Waals surface area (Å²) in [7, 11) is 0. The highest BCUT2D eigenvalue weighted by atomic mass is 16.1. The Balaban J connectivity index is 2.56. The van der Waals surface area contributed by atoms with Gasteiger partial charge in [-0.25, -0.2) is 0 Å². The Labute approximate surface area is 94.5 Å². The first-order valence-electron chi connectivity index (χ1n) is 5.48. The second-order valence-electron chi connectivity index (χ2n) is 3.90. The van der Waals surface area contributed by atoms with Crippen molar-refractivity contribution < 1.29 is 4.79 Å². The Kier molecular flexibility index (Phi) is 2.95. The van der Waals surface area contributed by atoms with Crippen LogP contribution in [0.2, 0.25) is 0 Å². The van der Waals surface area contributed by atoms with Crippen LogP contribution in [0.5, 0.6) is 0 Å². The minimum absolute atomic E-state index is 0.0348. The number of para-hydroxylation sites is 1. The molecule has 3 nitrogen and oxygen atoms in total. The smallest absolute Gasteiger partial charge is 0.167 e. The van der Waals surface area contributed by atoms with Crippen LogP contribution < -0.4 is 0 Å². The summed E-state index contributed by atoms with van der Waals surface area (Å²) >= 11 is 0. The molecule has 0 N–H and O–H groups in total. The number of Topliss-reactive ketones (excluding diaryl/α,β-unsaturated/α-hetero) is 1. The molecule has 1 unspecified atom stereocenters. The highest BCUT2D eigenvalue weighted by molar-refractivity contribution is 6.06. The van der Waals surface area contributed by atoms with Crippen molar-refractivity contribution in [3.8, 4) is 0 Å². The fraction of sp³-hybridized carbons (Fsp3) is 0.308. The fourth-order valence-electron chi connectivity index (χ4n) is 1.64. The molecule has 16 heavy (non-hydrogen) atoms. The van der Waals surface area contributed by atoms with Gasteiger partial charge in [-0.15, -0.1) is 0 Å². The number of hydrogen-bond acceptors (Lipinski definition) is 3. The fourth-order valence-corrected chi connectivity index (χ4v) is 1.64. The van der Waals surface area contributed by atoms with Crippen LogP contribution in [-0.4, -0.2) is 15.8 Å². The van der Waals surface area contributed by atoms with E-state index in [4.69, 9.17) is 0 Å². The van der Waals surface area contributed by atoms with Gasteiger partial charge >= 0.3 is 0 Å². The van der Waals surface area contributed by atoms with Gasteiger partial charge < -0.3 is 0 Å². The second kappa shape index (κ2) is 4.39. The third kappa shape index (κ3) is 1.81. The van der Waals surface area contributed by atoms with Crippen LogP contribution in [0.4, 0.5) is 0 Å². The maximum absolute atomic E-state index is 12.1. The molecule has 0 saturated heterocycles. The van der Waals surface area contributed by atoms with E-state index in [0.717, 1.165) is 11.9 Å². The number of aromatic nitrogens is 2. The van der Waals surface area contributed by atoms with Crippen LogP contribution in [-0.2, 0) is 0 Å². The topological polar surface area (TPSA) is 42.9 Å². The maximum atomic E-state index is 12.1. The molecule has 1 atom stereocenters. The highest BCUT2D eigenvalue weighted by Crippen LogP contribution is 2.18. The number of hydrogen-bond donors (Lipinski definition) is 0. The lowest BCUT2D eigenvalue weighted by Crippen LogP contribution is -2.11. The molecule has 0 aliphatic rings. The molecule has 1 aromatic heterocycles. The normalized spacial score (nSPS) is 12.6. The van der Waals surface area contributed by atoms with Gasteiger partial charge in [0, 0.05) is 23.9 Å². The Morgan fingerprint density at radius 2 is 2.06 bits per heavy atom. The van der Waals surface area contributed by atoms with E-state index >= 15 is 0 Å². The number of carbonyl (C=O) groups is 1. The van der Waals surface area contributed by atoms with Crippen LogP contribution in [0.1, 0.15) is 30.6 Å². The van der Waals surface area contributed by atoms with Crippen molar-refractivity contribution in [2.24, 2.45) is 5.92 Å². The number of carbonyl (C=O) groups excluding carboxylic acids is 1. The van der Waals surface area contributed by atoms with E-state index in [2.05, 4.69) is 9.97 Å². The van der Waals surface area contributed by atoms with Crippen LogP contribution >= 0.6 is 0 Å². The quantitative estimate of drug-likeness (QED) is 0.738. The van der Waals surface area contributed by atoms with Crippen molar-refractivity contribution in [1.29, 1.82) is 0 Å². The van der Waals surface area contributed by atoms with Crippen LogP contribution in [0.3, 0.4) is 0 Å². The summed E-state index contributed by atoms with van der Waals surface area (Å²) in [5, 5.41) is 0. The Hall–Kier alpha value is -1.77. The maximum Gasteiger partial charge on any atom is 0.167 e. The number of ketones is 1. The minimum Gasteiger partial charge on any atom is -0.294 e. The molecule has 2 rings (SSSR count). The Morgan fingerprint density at radius 3 is 2.81 bits per heavy atom. The number of nitrogens with zero attached hydrogens (tertiary/aromatic N) is 2. The lowest BCUT2D eigenvalue weighted by atomic mass is 9.96. The predicted octanol–water partition coefficient (Wildman–Crippen LogP) is 2.86. The number of benzene rings is 1. The van der Waals surface area contributed by atoms with Gasteiger partial charge in [-0.1, -0.05) is 19.9 Å². The summed E-state index contributed by atoms with van der Waals surface area (Å²) in [6, 6.07) is 5.55. The molecule has 0 amide bonds. The van der Waals surface area contributed by atoms with Crippen molar-refractivity contribution >= 4 is 16.8 Å². The molecule has 2 aromatic rings. The zero-order valence-corrected chi connectivity index (χ0v) is 9.47. The van der Waals surface area contributed by atoms with Gasteiger partial charge in [-0.3, -0.25) is 14.8 Å². The molecule has 0 bridgehead atoms. The van der Waals surface area contributed by atoms with Crippen molar-refractivity contribution in [3.63, 3.8) is 0 Å². The monoisotopic (exact) mass is 214 g/mol. The predicted molar refractivity (Wildman–Crippen MR) is 63.3 cm³/mol. The minimum atomic E-state index is 0.0348. The molecule has 0 fully saturated rings. The molecule has 3 heteroatoms. The summed E-state index contributed by atoms with van der Waals surface area (Å²) in [5.41, 5.74) is 2.16. The van der Waals surface area contributed by atoms with E-state index in [1.165, 1.54) is 0 Å². The molecule has 82 valence electrons. The Bertz CT molecular complexity index is 517. The summed E-state index contributed by atoms with van der Waals surface area (Å²) in [4.78, 5) is 20.6. The molecule has 0 aliphatic carbocycles. The lowest BCUT2D eigenvalue weighted by Gasteiger charge is -2.08. The van der Waals surface area contributed by atoms with Gasteiger partial charge in [-0.2, -0.15) is 0 Å². The molecular formula is C13H14N2O. The molecule has 0 spiro atoms. The summed E-state index contributed by atoms with van der Waals surface area (Å²) < 4.78 is 0. The van der Waals surface area contributed by atoms with E-state index < -0.39 is 0 Å². The van der Waals surface area contributed by atoms with Crippen molar-refractivity contribution in [3.05, 3.63) is 36.2 Å². The average molecular weight is 214 g/mol. The first-order valence-corrected chi connectivity index (χ1v) is 5.48. The van der Waals surface area contributed by atoms with Gasteiger partial charge in [0.1, 0.15) is 0 Å². The summed E-state index contributed by atoms with van der Waals surface area (Å²) in [5.74, 6) is 0.182. The van der Waals surface area contributed by atoms with Gasteiger partial charge in [0.25, 0.3) is 0 Å². The van der Waals surface area contributed by atoms with Crippen molar-refractivity contribution in [2.45, 2.75) is 20.3 Å². The van der Waals surface area contributed by atoms with E-state index in [-0.39, 0.29) is 11.7 Å². The van der Waals surface area contributed by atoms with Crippen molar-refractivity contribution in [2.75, 3.05) is 0 Å². The molecular weight excluding hydrogens is 200 g/mol.